The van der Waals surface area contributed by atoms with Crippen LogP contribution in [0, 0.1) is 11.3 Å². The normalized spacial score (nSPS) is 23.3. The lowest BCUT2D eigenvalue weighted by atomic mass is 9.71. The first-order valence-electron chi connectivity index (χ1n) is 8.35. The zero-order valence-electron chi connectivity index (χ0n) is 14.4. The predicted octanol–water partition coefficient (Wildman–Crippen LogP) is 4.77. The first kappa shape index (κ1) is 16.4. The Kier molecular flexibility index (Phi) is 5.32. The molecule has 0 bridgehead atoms. The molecule has 1 aliphatic rings. The molecule has 1 aromatic carbocycles. The summed E-state index contributed by atoms with van der Waals surface area (Å²) in [5.41, 5.74) is 3.12. The summed E-state index contributed by atoms with van der Waals surface area (Å²) in [6.45, 7) is 8.16. The van der Waals surface area contributed by atoms with Crippen molar-refractivity contribution in [3.63, 3.8) is 0 Å². The second-order valence-corrected chi connectivity index (χ2v) is 7.99. The Morgan fingerprint density at radius 1 is 1.00 bits per heavy atom. The second kappa shape index (κ2) is 6.83. The van der Waals surface area contributed by atoms with Gasteiger partial charge in [0.2, 0.25) is 0 Å². The number of benzene rings is 1. The van der Waals surface area contributed by atoms with Gasteiger partial charge in [-0.2, -0.15) is 0 Å². The summed E-state index contributed by atoms with van der Waals surface area (Å²) >= 11 is 0. The van der Waals surface area contributed by atoms with Crippen molar-refractivity contribution in [2.75, 3.05) is 19.4 Å². The average molecular weight is 288 g/mol. The maximum atomic E-state index is 3.72. The van der Waals surface area contributed by atoms with Gasteiger partial charge in [0.25, 0.3) is 0 Å². The van der Waals surface area contributed by atoms with E-state index in [1.54, 1.807) is 0 Å². The van der Waals surface area contributed by atoms with Gasteiger partial charge < -0.3 is 10.2 Å². The summed E-state index contributed by atoms with van der Waals surface area (Å²) in [6, 6.07) is 9.60. The Morgan fingerprint density at radius 2 is 1.57 bits per heavy atom. The molecular formula is C19H32N2. The predicted molar refractivity (Wildman–Crippen MR) is 92.7 cm³/mol. The first-order valence-corrected chi connectivity index (χ1v) is 8.35. The van der Waals surface area contributed by atoms with Crippen LogP contribution in [0.1, 0.15) is 52.0 Å². The Morgan fingerprint density at radius 3 is 2.05 bits per heavy atom. The number of nitrogens with one attached hydrogen (secondary N) is 1. The summed E-state index contributed by atoms with van der Waals surface area (Å²) in [4.78, 5) is 2.20. The van der Waals surface area contributed by atoms with Crippen LogP contribution in [0.4, 0.5) is 5.69 Å². The smallest absolute Gasteiger partial charge is 0.0342 e. The van der Waals surface area contributed by atoms with Crippen LogP contribution in [-0.2, 0) is 6.54 Å². The summed E-state index contributed by atoms with van der Waals surface area (Å²) in [6.07, 6.45) is 5.34. The molecule has 0 aromatic heterocycles. The van der Waals surface area contributed by atoms with Gasteiger partial charge in [-0.15, -0.1) is 0 Å². The van der Waals surface area contributed by atoms with Crippen LogP contribution in [0.2, 0.25) is 0 Å². The minimum atomic E-state index is 0.471. The molecule has 1 aliphatic carbocycles. The van der Waals surface area contributed by atoms with Crippen LogP contribution in [0.15, 0.2) is 24.3 Å². The summed E-state index contributed by atoms with van der Waals surface area (Å²) in [7, 11) is 4.22. The average Bonchev–Trinajstić information content (AvgIpc) is 2.40. The number of hydrogen-bond acceptors (Lipinski definition) is 2. The Bertz CT molecular complexity index is 420. The number of hydrogen-bond donors (Lipinski definition) is 1. The fourth-order valence-electron chi connectivity index (χ4n) is 3.41. The van der Waals surface area contributed by atoms with Crippen molar-refractivity contribution in [2.24, 2.45) is 11.3 Å². The maximum Gasteiger partial charge on any atom is 0.0342 e. The quantitative estimate of drug-likeness (QED) is 0.859. The van der Waals surface area contributed by atoms with Crippen LogP contribution in [-0.4, -0.2) is 25.0 Å². The molecule has 2 heteroatoms. The van der Waals surface area contributed by atoms with Crippen LogP contribution < -0.4 is 5.32 Å². The first-order chi connectivity index (χ1) is 9.84. The molecule has 0 aliphatic heterocycles. The maximum absolute atomic E-state index is 3.72. The van der Waals surface area contributed by atoms with Crippen LogP contribution in [0.25, 0.3) is 0 Å². The van der Waals surface area contributed by atoms with E-state index in [9.17, 15) is 0 Å². The van der Waals surface area contributed by atoms with Gasteiger partial charge in [0, 0.05) is 18.3 Å². The van der Waals surface area contributed by atoms with Gasteiger partial charge >= 0.3 is 0 Å². The number of rotatable bonds is 4. The minimum absolute atomic E-state index is 0.471. The van der Waals surface area contributed by atoms with Crippen molar-refractivity contribution in [3.8, 4) is 0 Å². The van der Waals surface area contributed by atoms with Crippen LogP contribution in [0.5, 0.6) is 0 Å². The minimum Gasteiger partial charge on any atom is -0.382 e. The van der Waals surface area contributed by atoms with E-state index in [0.29, 0.717) is 11.5 Å². The van der Waals surface area contributed by atoms with E-state index >= 15 is 0 Å². The third kappa shape index (κ3) is 5.03. The Balaban J connectivity index is 1.83. The zero-order chi connectivity index (χ0) is 15.5. The molecule has 21 heavy (non-hydrogen) atoms. The molecule has 0 unspecified atom stereocenters. The SMILES string of the molecule is CN(C)Cc1ccc(NC2CCC(C(C)(C)C)CC2)cc1. The summed E-state index contributed by atoms with van der Waals surface area (Å²) in [5, 5.41) is 3.72. The van der Waals surface area contributed by atoms with Crippen molar-refractivity contribution in [2.45, 2.75) is 59.0 Å². The van der Waals surface area contributed by atoms with E-state index in [-0.39, 0.29) is 0 Å². The van der Waals surface area contributed by atoms with E-state index in [0.717, 1.165) is 12.5 Å². The van der Waals surface area contributed by atoms with Gasteiger partial charge in [0.1, 0.15) is 0 Å². The molecule has 0 atom stereocenters. The molecule has 0 heterocycles. The van der Waals surface area contributed by atoms with Crippen molar-refractivity contribution in [1.29, 1.82) is 0 Å². The van der Waals surface area contributed by atoms with Crippen molar-refractivity contribution in [3.05, 3.63) is 29.8 Å². The number of anilines is 1. The molecule has 1 fully saturated rings. The molecule has 2 rings (SSSR count). The standard InChI is InChI=1S/C19H32N2/c1-19(2,3)16-8-12-18(13-9-16)20-17-10-6-15(7-11-17)14-21(4)5/h6-7,10-11,16,18,20H,8-9,12-14H2,1-5H3. The monoisotopic (exact) mass is 288 g/mol. The molecule has 0 amide bonds. The van der Waals surface area contributed by atoms with Gasteiger partial charge in [-0.25, -0.2) is 0 Å². The van der Waals surface area contributed by atoms with E-state index in [1.807, 2.05) is 0 Å². The highest BCUT2D eigenvalue weighted by Crippen LogP contribution is 2.38. The highest BCUT2D eigenvalue weighted by atomic mass is 15.0. The van der Waals surface area contributed by atoms with Crippen LogP contribution >= 0.6 is 0 Å². The van der Waals surface area contributed by atoms with E-state index in [2.05, 4.69) is 69.3 Å². The van der Waals surface area contributed by atoms with E-state index in [4.69, 9.17) is 0 Å². The molecular weight excluding hydrogens is 256 g/mol. The summed E-state index contributed by atoms with van der Waals surface area (Å²) in [5.74, 6) is 0.887. The molecule has 1 saturated carbocycles. The molecule has 0 saturated heterocycles. The Labute approximate surface area is 130 Å². The lowest BCUT2D eigenvalue weighted by Gasteiger charge is -2.37. The topological polar surface area (TPSA) is 15.3 Å². The molecule has 2 nitrogen and oxygen atoms in total. The second-order valence-electron chi connectivity index (χ2n) is 7.99. The molecule has 1 N–H and O–H groups in total. The highest BCUT2D eigenvalue weighted by Gasteiger charge is 2.29. The molecule has 0 spiro atoms. The van der Waals surface area contributed by atoms with E-state index in [1.165, 1.54) is 36.9 Å². The van der Waals surface area contributed by atoms with Crippen LogP contribution in [0.3, 0.4) is 0 Å². The molecule has 1 aromatic rings. The lowest BCUT2D eigenvalue weighted by molar-refractivity contribution is 0.173. The van der Waals surface area contributed by atoms with Crippen molar-refractivity contribution >= 4 is 5.69 Å². The molecule has 0 radical (unpaired) electrons. The largest absolute Gasteiger partial charge is 0.382 e. The van der Waals surface area contributed by atoms with Gasteiger partial charge in [0.05, 0.1) is 0 Å². The van der Waals surface area contributed by atoms with Gasteiger partial charge in [-0.3, -0.25) is 0 Å². The summed E-state index contributed by atoms with van der Waals surface area (Å²) < 4.78 is 0. The fraction of sp³-hybridized carbons (Fsp3) is 0.684. The van der Waals surface area contributed by atoms with Gasteiger partial charge in [0.15, 0.2) is 0 Å². The lowest BCUT2D eigenvalue weighted by Crippen LogP contribution is -2.31. The number of nitrogens with zero attached hydrogens (tertiary/aromatic N) is 1. The van der Waals surface area contributed by atoms with Crippen molar-refractivity contribution in [1.82, 2.24) is 4.90 Å². The third-order valence-electron chi connectivity index (χ3n) is 4.78. The Hall–Kier alpha value is -1.02. The zero-order valence-corrected chi connectivity index (χ0v) is 14.4. The van der Waals surface area contributed by atoms with Gasteiger partial charge in [-0.1, -0.05) is 32.9 Å². The van der Waals surface area contributed by atoms with Crippen molar-refractivity contribution < 1.29 is 0 Å². The fourth-order valence-corrected chi connectivity index (χ4v) is 3.41. The highest BCUT2D eigenvalue weighted by molar-refractivity contribution is 5.45. The van der Waals surface area contributed by atoms with Gasteiger partial charge in [-0.05, 0) is 68.8 Å². The molecule has 118 valence electrons. The third-order valence-corrected chi connectivity index (χ3v) is 4.78. The van der Waals surface area contributed by atoms with E-state index < -0.39 is 0 Å².